The van der Waals surface area contributed by atoms with Gasteiger partial charge in [0.1, 0.15) is 0 Å². The predicted molar refractivity (Wildman–Crippen MR) is 98.0 cm³/mol. The number of hydrogen-bond acceptors (Lipinski definition) is 6. The Labute approximate surface area is 154 Å². The first-order valence-corrected chi connectivity index (χ1v) is 7.96. The number of fused-ring (bicyclic) bond motifs is 2. The van der Waals surface area contributed by atoms with Crippen LogP contribution in [0.5, 0.6) is 0 Å². The molecule has 0 fully saturated rings. The Morgan fingerprint density at radius 2 is 1.89 bits per heavy atom. The molecule has 2 aromatic carbocycles. The number of rotatable bonds is 2. The number of benzene rings is 2. The third kappa shape index (κ3) is 2.52. The van der Waals surface area contributed by atoms with Gasteiger partial charge < -0.3 is 5.21 Å². The molecule has 134 valence electrons. The molecule has 0 aliphatic rings. The van der Waals surface area contributed by atoms with Crippen LogP contribution in [0.15, 0.2) is 58.3 Å². The van der Waals surface area contributed by atoms with Crippen molar-refractivity contribution in [3.63, 3.8) is 0 Å². The highest BCUT2D eigenvalue weighted by molar-refractivity contribution is 6.31. The van der Waals surface area contributed by atoms with Gasteiger partial charge in [0.15, 0.2) is 10.9 Å². The Balaban J connectivity index is 2.11. The number of nitrogens with zero attached hydrogens (tertiary/aromatic N) is 4. The van der Waals surface area contributed by atoms with Crippen LogP contribution < -0.4 is 11.0 Å². The quantitative estimate of drug-likeness (QED) is 0.245. The first kappa shape index (κ1) is 16.7. The van der Waals surface area contributed by atoms with E-state index in [1.807, 2.05) is 0 Å². The summed E-state index contributed by atoms with van der Waals surface area (Å²) >= 11 is 5.92. The van der Waals surface area contributed by atoms with Crippen LogP contribution in [0, 0.1) is 10.1 Å². The lowest BCUT2D eigenvalue weighted by Crippen LogP contribution is -2.26. The maximum atomic E-state index is 12.9. The molecule has 0 radical (unpaired) electrons. The molecule has 27 heavy (non-hydrogen) atoms. The summed E-state index contributed by atoms with van der Waals surface area (Å²) in [6.45, 7) is 0. The van der Waals surface area contributed by atoms with Gasteiger partial charge in [0.25, 0.3) is 11.2 Å². The minimum absolute atomic E-state index is 0.0638. The second-order valence-corrected chi connectivity index (χ2v) is 6.14. The molecular formula is C17H9ClN4O5. The molecule has 0 saturated carbocycles. The van der Waals surface area contributed by atoms with Gasteiger partial charge in [-0.2, -0.15) is 14.5 Å². The lowest BCUT2D eigenvalue weighted by molar-refractivity contribution is -0.384. The summed E-state index contributed by atoms with van der Waals surface area (Å²) in [6.07, 6.45) is 1.14. The van der Waals surface area contributed by atoms with E-state index in [1.165, 1.54) is 36.4 Å². The average Bonchev–Trinajstić information content (AvgIpc) is 2.66. The Bertz CT molecular complexity index is 1380. The van der Waals surface area contributed by atoms with E-state index < -0.39 is 15.9 Å². The summed E-state index contributed by atoms with van der Waals surface area (Å²) in [7, 11) is 0. The second-order valence-electron chi connectivity index (χ2n) is 5.70. The molecule has 4 rings (SSSR count). The lowest BCUT2D eigenvalue weighted by Gasteiger charge is -2.10. The molecule has 9 nitrogen and oxygen atoms in total. The number of aromatic nitrogens is 3. The molecule has 0 bridgehead atoms. The Hall–Kier alpha value is -3.72. The largest absolute Gasteiger partial charge is 0.428 e. The minimum atomic E-state index is -0.811. The normalized spacial score (nSPS) is 11.1. The summed E-state index contributed by atoms with van der Waals surface area (Å²) in [5.41, 5.74) is -1.65. The number of halogens is 1. The van der Waals surface area contributed by atoms with Crippen molar-refractivity contribution < 1.29 is 10.1 Å². The van der Waals surface area contributed by atoms with Crippen LogP contribution in [-0.4, -0.2) is 24.6 Å². The fourth-order valence-electron chi connectivity index (χ4n) is 2.88. The number of pyridine rings is 1. The van der Waals surface area contributed by atoms with E-state index in [-0.39, 0.29) is 38.2 Å². The van der Waals surface area contributed by atoms with Crippen LogP contribution in [0.1, 0.15) is 0 Å². The van der Waals surface area contributed by atoms with Gasteiger partial charge in [-0.3, -0.25) is 19.7 Å². The van der Waals surface area contributed by atoms with Crippen LogP contribution in [0.3, 0.4) is 0 Å². The van der Waals surface area contributed by atoms with Crippen molar-refractivity contribution in [1.29, 1.82) is 0 Å². The van der Waals surface area contributed by atoms with E-state index in [0.29, 0.717) is 4.73 Å². The van der Waals surface area contributed by atoms with Crippen LogP contribution in [0.4, 0.5) is 5.69 Å². The summed E-state index contributed by atoms with van der Waals surface area (Å²) in [4.78, 5) is 35.9. The third-order valence-corrected chi connectivity index (χ3v) is 4.36. The number of nitro groups is 1. The van der Waals surface area contributed by atoms with Gasteiger partial charge in [0, 0.05) is 22.5 Å². The van der Waals surface area contributed by atoms with Crippen molar-refractivity contribution in [3.8, 4) is 5.69 Å². The first-order chi connectivity index (χ1) is 12.9. The van der Waals surface area contributed by atoms with Crippen molar-refractivity contribution in [2.24, 2.45) is 0 Å². The monoisotopic (exact) mass is 384 g/mol. The highest BCUT2D eigenvalue weighted by atomic mass is 35.5. The van der Waals surface area contributed by atoms with Crippen molar-refractivity contribution in [2.45, 2.75) is 0 Å². The van der Waals surface area contributed by atoms with Crippen LogP contribution in [0.25, 0.3) is 27.5 Å². The minimum Gasteiger partial charge on any atom is -0.428 e. The Kier molecular flexibility index (Phi) is 3.67. The fourth-order valence-corrected chi connectivity index (χ4v) is 3.04. The van der Waals surface area contributed by atoms with Gasteiger partial charge in [0.2, 0.25) is 0 Å². The highest BCUT2D eigenvalue weighted by Crippen LogP contribution is 2.20. The lowest BCUT2D eigenvalue weighted by atomic mass is 10.1. The molecule has 2 heterocycles. The first-order valence-electron chi connectivity index (χ1n) is 7.59. The van der Waals surface area contributed by atoms with E-state index in [9.17, 15) is 24.9 Å². The Morgan fingerprint density at radius 1 is 1.11 bits per heavy atom. The molecule has 1 N–H and O–H groups in total. The standard InChI is InChI=1S/C17H9ClN4O5/c18-9-4-5-12-14(6-9)21(25)15-13(16(12)23)8-19-20(17(15)24)10-2-1-3-11(7-10)22(26)27/h1-8,25H. The molecule has 0 aliphatic heterocycles. The number of non-ortho nitro benzene ring substituents is 1. The molecular weight excluding hydrogens is 376 g/mol. The maximum Gasteiger partial charge on any atom is 0.299 e. The van der Waals surface area contributed by atoms with Gasteiger partial charge in [-0.15, -0.1) is 0 Å². The molecule has 0 atom stereocenters. The van der Waals surface area contributed by atoms with Crippen molar-refractivity contribution >= 4 is 39.1 Å². The summed E-state index contributed by atoms with van der Waals surface area (Å²) in [5, 5.41) is 25.8. The second kappa shape index (κ2) is 5.92. The highest BCUT2D eigenvalue weighted by Gasteiger charge is 2.17. The van der Waals surface area contributed by atoms with Crippen molar-refractivity contribution in [2.75, 3.05) is 0 Å². The van der Waals surface area contributed by atoms with Gasteiger partial charge >= 0.3 is 0 Å². The van der Waals surface area contributed by atoms with Gasteiger partial charge in [0.05, 0.1) is 27.7 Å². The third-order valence-electron chi connectivity index (χ3n) is 4.13. The van der Waals surface area contributed by atoms with Crippen molar-refractivity contribution in [1.82, 2.24) is 14.5 Å². The number of nitro benzene ring substituents is 1. The van der Waals surface area contributed by atoms with Gasteiger partial charge in [-0.1, -0.05) is 17.7 Å². The topological polar surface area (TPSA) is 120 Å². The zero-order chi connectivity index (χ0) is 19.3. The average molecular weight is 385 g/mol. The molecule has 2 aromatic heterocycles. The van der Waals surface area contributed by atoms with E-state index in [0.717, 1.165) is 16.9 Å². The van der Waals surface area contributed by atoms with Gasteiger partial charge in [-0.05, 0) is 24.3 Å². The van der Waals surface area contributed by atoms with E-state index >= 15 is 0 Å². The summed E-state index contributed by atoms with van der Waals surface area (Å²) in [5.74, 6) is 0. The van der Waals surface area contributed by atoms with Crippen molar-refractivity contribution in [3.05, 3.63) is 84.4 Å². The van der Waals surface area contributed by atoms with E-state index in [1.54, 1.807) is 0 Å². The zero-order valence-corrected chi connectivity index (χ0v) is 14.1. The van der Waals surface area contributed by atoms with Crippen LogP contribution in [-0.2, 0) is 0 Å². The number of hydrogen-bond donors (Lipinski definition) is 1. The van der Waals surface area contributed by atoms with Gasteiger partial charge in [-0.25, -0.2) is 0 Å². The molecule has 0 saturated heterocycles. The summed E-state index contributed by atoms with van der Waals surface area (Å²) < 4.78 is 1.45. The fraction of sp³-hybridized carbons (Fsp3) is 0. The van der Waals surface area contributed by atoms with Crippen LogP contribution in [0.2, 0.25) is 5.02 Å². The predicted octanol–water partition coefficient (Wildman–Crippen LogP) is 2.50. The van der Waals surface area contributed by atoms with E-state index in [2.05, 4.69) is 5.10 Å². The molecule has 0 unspecified atom stereocenters. The zero-order valence-electron chi connectivity index (χ0n) is 13.4. The Morgan fingerprint density at radius 3 is 2.63 bits per heavy atom. The molecule has 4 aromatic rings. The smallest absolute Gasteiger partial charge is 0.299 e. The SMILES string of the molecule is O=c1c2ccc(Cl)cc2n(O)c2c(=O)n(-c3cccc([N+](=O)[O-])c3)ncc12. The molecule has 0 aliphatic carbocycles. The summed E-state index contributed by atoms with van der Waals surface area (Å²) in [6, 6.07) is 9.58. The molecule has 0 amide bonds. The van der Waals surface area contributed by atoms with E-state index in [4.69, 9.17) is 11.6 Å². The molecule has 10 heteroatoms. The maximum absolute atomic E-state index is 12.9. The molecule has 0 spiro atoms. The van der Waals surface area contributed by atoms with Crippen LogP contribution >= 0.6 is 11.6 Å².